The van der Waals surface area contributed by atoms with Crippen molar-refractivity contribution in [2.75, 3.05) is 11.9 Å². The van der Waals surface area contributed by atoms with Crippen molar-refractivity contribution in [2.24, 2.45) is 5.73 Å². The molecule has 0 radical (unpaired) electrons. The number of hydrogen-bond acceptors (Lipinski definition) is 3. The van der Waals surface area contributed by atoms with Crippen LogP contribution >= 0.6 is 12.2 Å². The first-order chi connectivity index (χ1) is 8.13. The second-order valence-electron chi connectivity index (χ2n) is 3.83. The van der Waals surface area contributed by atoms with Crippen molar-refractivity contribution in [3.8, 4) is 0 Å². The summed E-state index contributed by atoms with van der Waals surface area (Å²) in [7, 11) is 0. The van der Waals surface area contributed by atoms with Crippen LogP contribution in [0.25, 0.3) is 0 Å². The van der Waals surface area contributed by atoms with Gasteiger partial charge in [-0.1, -0.05) is 12.1 Å². The van der Waals surface area contributed by atoms with E-state index >= 15 is 0 Å². The predicted molar refractivity (Wildman–Crippen MR) is 68.8 cm³/mol. The number of anilines is 1. The molecule has 0 aliphatic carbocycles. The van der Waals surface area contributed by atoms with E-state index in [0.29, 0.717) is 6.61 Å². The SMILES string of the molecule is NC(=S)Nc1ccc(CC2COC(=O)N2)cc1. The Labute approximate surface area is 104 Å². The number of carbonyl (C=O) groups is 1. The van der Waals surface area contributed by atoms with Gasteiger partial charge in [-0.25, -0.2) is 4.79 Å². The lowest BCUT2D eigenvalue weighted by Crippen LogP contribution is -2.28. The highest BCUT2D eigenvalue weighted by atomic mass is 32.1. The van der Waals surface area contributed by atoms with Gasteiger partial charge in [-0.3, -0.25) is 0 Å². The smallest absolute Gasteiger partial charge is 0.407 e. The molecule has 1 heterocycles. The van der Waals surface area contributed by atoms with Crippen molar-refractivity contribution in [3.63, 3.8) is 0 Å². The second-order valence-corrected chi connectivity index (χ2v) is 4.27. The van der Waals surface area contributed by atoms with Crippen LogP contribution in [0, 0.1) is 0 Å². The van der Waals surface area contributed by atoms with Crippen LogP contribution in [0.3, 0.4) is 0 Å². The molecule has 0 spiro atoms. The zero-order valence-electron chi connectivity index (χ0n) is 9.10. The molecule has 4 N–H and O–H groups in total. The van der Waals surface area contributed by atoms with E-state index in [1.54, 1.807) is 0 Å². The van der Waals surface area contributed by atoms with Crippen molar-refractivity contribution in [1.82, 2.24) is 5.32 Å². The minimum Gasteiger partial charge on any atom is -0.447 e. The maximum absolute atomic E-state index is 10.8. The minimum atomic E-state index is -0.346. The Morgan fingerprint density at radius 3 is 2.76 bits per heavy atom. The Balaban J connectivity index is 1.93. The Morgan fingerprint density at radius 1 is 1.53 bits per heavy atom. The number of nitrogens with two attached hydrogens (primary N) is 1. The highest BCUT2D eigenvalue weighted by Gasteiger charge is 2.21. The fraction of sp³-hybridized carbons (Fsp3) is 0.273. The summed E-state index contributed by atoms with van der Waals surface area (Å²) in [6.45, 7) is 0.422. The number of cyclic esters (lactones) is 1. The maximum Gasteiger partial charge on any atom is 0.407 e. The van der Waals surface area contributed by atoms with E-state index in [0.717, 1.165) is 17.7 Å². The fourth-order valence-corrected chi connectivity index (χ4v) is 1.81. The molecule has 90 valence electrons. The van der Waals surface area contributed by atoms with Crippen LogP contribution in [0.4, 0.5) is 10.5 Å². The number of amides is 1. The van der Waals surface area contributed by atoms with E-state index in [9.17, 15) is 4.79 Å². The Bertz CT molecular complexity index is 433. The minimum absolute atomic E-state index is 0.0527. The summed E-state index contributed by atoms with van der Waals surface area (Å²) in [5.41, 5.74) is 7.34. The van der Waals surface area contributed by atoms with E-state index in [2.05, 4.69) is 10.6 Å². The van der Waals surface area contributed by atoms with Gasteiger partial charge in [-0.05, 0) is 36.3 Å². The van der Waals surface area contributed by atoms with E-state index in [4.69, 9.17) is 22.7 Å². The standard InChI is InChI=1S/C11H13N3O2S/c12-10(17)13-8-3-1-7(2-4-8)5-9-6-16-11(15)14-9/h1-4,9H,5-6H2,(H,14,15)(H3,12,13,17). The van der Waals surface area contributed by atoms with Gasteiger partial charge in [0.1, 0.15) is 6.61 Å². The van der Waals surface area contributed by atoms with Crippen molar-refractivity contribution in [1.29, 1.82) is 0 Å². The molecule has 2 rings (SSSR count). The largest absolute Gasteiger partial charge is 0.447 e. The lowest BCUT2D eigenvalue weighted by atomic mass is 10.1. The molecule has 6 heteroatoms. The van der Waals surface area contributed by atoms with Crippen LogP contribution in [0.1, 0.15) is 5.56 Å². The van der Waals surface area contributed by atoms with Gasteiger partial charge < -0.3 is 21.1 Å². The van der Waals surface area contributed by atoms with Crippen LogP contribution in [-0.2, 0) is 11.2 Å². The maximum atomic E-state index is 10.8. The molecule has 1 unspecified atom stereocenters. The molecule has 1 saturated heterocycles. The van der Waals surface area contributed by atoms with Gasteiger partial charge in [0.05, 0.1) is 6.04 Å². The highest BCUT2D eigenvalue weighted by molar-refractivity contribution is 7.80. The molecule has 1 aliphatic heterocycles. The van der Waals surface area contributed by atoms with E-state index < -0.39 is 0 Å². The monoisotopic (exact) mass is 251 g/mol. The summed E-state index contributed by atoms with van der Waals surface area (Å²) in [6, 6.07) is 7.77. The lowest BCUT2D eigenvalue weighted by molar-refractivity contribution is 0.177. The van der Waals surface area contributed by atoms with Crippen molar-refractivity contribution in [2.45, 2.75) is 12.5 Å². The number of thiocarbonyl (C=S) groups is 1. The van der Waals surface area contributed by atoms with Crippen LogP contribution in [0.2, 0.25) is 0 Å². The van der Waals surface area contributed by atoms with Crippen LogP contribution in [0.5, 0.6) is 0 Å². The van der Waals surface area contributed by atoms with E-state index in [1.165, 1.54) is 0 Å². The van der Waals surface area contributed by atoms with Gasteiger partial charge in [-0.2, -0.15) is 0 Å². The molecule has 1 aromatic rings. The number of carbonyl (C=O) groups excluding carboxylic acids is 1. The molecule has 17 heavy (non-hydrogen) atoms. The first-order valence-corrected chi connectivity index (χ1v) is 5.63. The van der Waals surface area contributed by atoms with Gasteiger partial charge >= 0.3 is 6.09 Å². The normalized spacial score (nSPS) is 18.4. The topological polar surface area (TPSA) is 76.4 Å². The zero-order chi connectivity index (χ0) is 12.3. The molecular weight excluding hydrogens is 238 g/mol. The number of rotatable bonds is 3. The third-order valence-electron chi connectivity index (χ3n) is 2.44. The van der Waals surface area contributed by atoms with Crippen molar-refractivity contribution >= 4 is 29.1 Å². The molecule has 1 amide bonds. The van der Waals surface area contributed by atoms with Crippen LogP contribution < -0.4 is 16.4 Å². The van der Waals surface area contributed by atoms with Crippen molar-refractivity contribution in [3.05, 3.63) is 29.8 Å². The summed E-state index contributed by atoms with van der Waals surface area (Å²) < 4.78 is 4.82. The number of benzene rings is 1. The average molecular weight is 251 g/mol. The van der Waals surface area contributed by atoms with Crippen LogP contribution in [0.15, 0.2) is 24.3 Å². The predicted octanol–water partition coefficient (Wildman–Crippen LogP) is 0.993. The lowest BCUT2D eigenvalue weighted by Gasteiger charge is -2.08. The fourth-order valence-electron chi connectivity index (χ4n) is 1.69. The summed E-state index contributed by atoms with van der Waals surface area (Å²) >= 11 is 4.74. The third kappa shape index (κ3) is 3.32. The van der Waals surface area contributed by atoms with Gasteiger partial charge in [0, 0.05) is 5.69 Å². The molecule has 0 saturated carbocycles. The van der Waals surface area contributed by atoms with E-state index in [1.807, 2.05) is 24.3 Å². The Hall–Kier alpha value is -1.82. The Morgan fingerprint density at radius 2 is 2.24 bits per heavy atom. The second kappa shape index (κ2) is 5.01. The number of alkyl carbamates (subject to hydrolysis) is 1. The summed E-state index contributed by atoms with van der Waals surface area (Å²) in [5, 5.41) is 5.82. The summed E-state index contributed by atoms with van der Waals surface area (Å²) in [4.78, 5) is 10.8. The first kappa shape index (κ1) is 11.7. The van der Waals surface area contributed by atoms with Gasteiger partial charge in [0.2, 0.25) is 0 Å². The molecule has 0 aromatic heterocycles. The zero-order valence-corrected chi connectivity index (χ0v) is 9.92. The number of nitrogens with one attached hydrogen (secondary N) is 2. The molecule has 5 nitrogen and oxygen atoms in total. The average Bonchev–Trinajstić information content (AvgIpc) is 2.66. The molecule has 1 aliphatic rings. The third-order valence-corrected chi connectivity index (χ3v) is 2.54. The van der Waals surface area contributed by atoms with Crippen LogP contribution in [-0.4, -0.2) is 23.9 Å². The van der Waals surface area contributed by atoms with Crippen molar-refractivity contribution < 1.29 is 9.53 Å². The molecule has 0 bridgehead atoms. The molecule has 1 fully saturated rings. The number of ether oxygens (including phenoxy) is 1. The quantitative estimate of drug-likeness (QED) is 0.698. The van der Waals surface area contributed by atoms with Gasteiger partial charge in [0.15, 0.2) is 5.11 Å². The summed E-state index contributed by atoms with van der Waals surface area (Å²) in [6.07, 6.45) is 0.404. The van der Waals surface area contributed by atoms with Gasteiger partial charge in [-0.15, -0.1) is 0 Å². The number of hydrogen-bond donors (Lipinski definition) is 3. The first-order valence-electron chi connectivity index (χ1n) is 5.22. The van der Waals surface area contributed by atoms with Gasteiger partial charge in [0.25, 0.3) is 0 Å². The molecule has 1 atom stereocenters. The molecule has 1 aromatic carbocycles. The summed E-state index contributed by atoms with van der Waals surface area (Å²) in [5.74, 6) is 0. The molecular formula is C11H13N3O2S. The highest BCUT2D eigenvalue weighted by Crippen LogP contribution is 2.12. The Kier molecular flexibility index (Phi) is 3.43. The van der Waals surface area contributed by atoms with E-state index in [-0.39, 0.29) is 17.2 Å².